The molecule has 2 heterocycles. The molecule has 0 N–H and O–H groups in total. The molecular formula is C25H25N3O4. The summed E-state index contributed by atoms with van der Waals surface area (Å²) >= 11 is 0. The van der Waals surface area contributed by atoms with Crippen molar-refractivity contribution in [2.24, 2.45) is 0 Å². The number of nitrogens with zero attached hydrogens (tertiary/aromatic N) is 3. The van der Waals surface area contributed by atoms with Crippen LogP contribution in [0.15, 0.2) is 73.1 Å². The van der Waals surface area contributed by atoms with Crippen molar-refractivity contribution in [2.45, 2.75) is 13.2 Å². The number of amides is 1. The third-order valence-corrected chi connectivity index (χ3v) is 5.14. The van der Waals surface area contributed by atoms with Crippen molar-refractivity contribution in [3.8, 4) is 17.2 Å². The number of para-hydroxylation sites is 1. The average molecular weight is 431 g/mol. The lowest BCUT2D eigenvalue weighted by molar-refractivity contribution is 0.0784. The monoisotopic (exact) mass is 431 g/mol. The summed E-state index contributed by atoms with van der Waals surface area (Å²) in [5.74, 6) is 1.85. The van der Waals surface area contributed by atoms with Crippen LogP contribution in [-0.2, 0) is 13.2 Å². The summed E-state index contributed by atoms with van der Waals surface area (Å²) in [5, 5.41) is 0. The van der Waals surface area contributed by atoms with E-state index in [2.05, 4.69) is 4.98 Å². The molecule has 32 heavy (non-hydrogen) atoms. The number of imidazole rings is 1. The number of ether oxygens (including phenoxy) is 3. The van der Waals surface area contributed by atoms with Gasteiger partial charge in [0, 0.05) is 37.1 Å². The first-order valence-corrected chi connectivity index (χ1v) is 10.2. The van der Waals surface area contributed by atoms with Crippen molar-refractivity contribution in [3.05, 3.63) is 89.9 Å². The molecule has 0 saturated heterocycles. The van der Waals surface area contributed by atoms with Gasteiger partial charge in [-0.3, -0.25) is 4.79 Å². The highest BCUT2D eigenvalue weighted by Crippen LogP contribution is 2.31. The molecule has 0 unspecified atom stereocenters. The predicted octanol–water partition coefficient (Wildman–Crippen LogP) is 4.20. The quantitative estimate of drug-likeness (QED) is 0.418. The lowest BCUT2D eigenvalue weighted by atomic mass is 10.1. The Bertz CT molecular complexity index is 1180. The van der Waals surface area contributed by atoms with E-state index in [0.717, 1.165) is 16.9 Å². The Balaban J connectivity index is 1.39. The summed E-state index contributed by atoms with van der Waals surface area (Å²) in [6, 6.07) is 18.6. The third-order valence-electron chi connectivity index (χ3n) is 5.14. The summed E-state index contributed by atoms with van der Waals surface area (Å²) < 4.78 is 18.6. The Morgan fingerprint density at radius 3 is 2.53 bits per heavy atom. The van der Waals surface area contributed by atoms with Crippen molar-refractivity contribution in [1.82, 2.24) is 14.3 Å². The largest absolute Gasteiger partial charge is 0.493 e. The number of pyridine rings is 1. The molecule has 0 spiro atoms. The number of hydrogen-bond acceptors (Lipinski definition) is 5. The standard InChI is InChI=1S/C25H25N3O4/c1-27(15-19-7-6-8-22(30-2)24(19)31-3)25(29)18-10-12-21(13-11-18)32-17-20-16-28-14-5-4-9-23(28)26-20/h4-14,16H,15,17H2,1-3H3. The van der Waals surface area contributed by atoms with E-state index in [1.165, 1.54) is 0 Å². The van der Waals surface area contributed by atoms with Crippen LogP contribution >= 0.6 is 0 Å². The smallest absolute Gasteiger partial charge is 0.253 e. The number of carbonyl (C=O) groups is 1. The van der Waals surface area contributed by atoms with Crippen LogP contribution in [-0.4, -0.2) is 41.5 Å². The predicted molar refractivity (Wildman–Crippen MR) is 121 cm³/mol. The minimum absolute atomic E-state index is 0.0956. The van der Waals surface area contributed by atoms with Gasteiger partial charge in [-0.05, 0) is 42.5 Å². The Morgan fingerprint density at radius 2 is 1.81 bits per heavy atom. The van der Waals surface area contributed by atoms with Gasteiger partial charge in [0.2, 0.25) is 0 Å². The molecule has 0 radical (unpaired) electrons. The SMILES string of the molecule is COc1cccc(CN(C)C(=O)c2ccc(OCc3cn4ccccc4n3)cc2)c1OC. The molecule has 1 amide bonds. The van der Waals surface area contributed by atoms with E-state index in [9.17, 15) is 4.79 Å². The molecular weight excluding hydrogens is 406 g/mol. The minimum Gasteiger partial charge on any atom is -0.493 e. The highest BCUT2D eigenvalue weighted by molar-refractivity contribution is 5.94. The fourth-order valence-corrected chi connectivity index (χ4v) is 3.53. The van der Waals surface area contributed by atoms with Gasteiger partial charge in [-0.25, -0.2) is 4.98 Å². The van der Waals surface area contributed by atoms with Gasteiger partial charge in [0.1, 0.15) is 18.0 Å². The van der Waals surface area contributed by atoms with Crippen LogP contribution in [0.5, 0.6) is 17.2 Å². The highest BCUT2D eigenvalue weighted by atomic mass is 16.5. The molecule has 0 aliphatic heterocycles. The molecule has 0 aliphatic carbocycles. The van der Waals surface area contributed by atoms with Crippen molar-refractivity contribution >= 4 is 11.6 Å². The van der Waals surface area contributed by atoms with E-state index in [1.54, 1.807) is 50.4 Å². The van der Waals surface area contributed by atoms with Crippen LogP contribution in [0.25, 0.3) is 5.65 Å². The minimum atomic E-state index is -0.0956. The molecule has 4 aromatic rings. The van der Waals surface area contributed by atoms with Crippen LogP contribution in [0.2, 0.25) is 0 Å². The van der Waals surface area contributed by atoms with E-state index in [0.29, 0.717) is 36.0 Å². The molecule has 164 valence electrons. The van der Waals surface area contributed by atoms with Gasteiger partial charge in [0.15, 0.2) is 11.5 Å². The van der Waals surface area contributed by atoms with Crippen LogP contribution in [0.1, 0.15) is 21.6 Å². The molecule has 7 nitrogen and oxygen atoms in total. The second-order valence-electron chi connectivity index (χ2n) is 7.33. The van der Waals surface area contributed by atoms with Crippen molar-refractivity contribution in [2.75, 3.05) is 21.3 Å². The van der Waals surface area contributed by atoms with Gasteiger partial charge in [-0.1, -0.05) is 18.2 Å². The Hall–Kier alpha value is -4.00. The maximum atomic E-state index is 12.9. The van der Waals surface area contributed by atoms with Gasteiger partial charge in [0.05, 0.1) is 19.9 Å². The molecule has 2 aromatic heterocycles. The topological polar surface area (TPSA) is 65.3 Å². The zero-order valence-corrected chi connectivity index (χ0v) is 18.3. The van der Waals surface area contributed by atoms with Crippen molar-refractivity contribution in [3.63, 3.8) is 0 Å². The van der Waals surface area contributed by atoms with E-state index in [4.69, 9.17) is 14.2 Å². The normalized spacial score (nSPS) is 10.7. The number of fused-ring (bicyclic) bond motifs is 1. The first-order valence-electron chi connectivity index (χ1n) is 10.2. The molecule has 7 heteroatoms. The third kappa shape index (κ3) is 4.51. The van der Waals surface area contributed by atoms with E-state index < -0.39 is 0 Å². The lowest BCUT2D eigenvalue weighted by Crippen LogP contribution is -2.26. The maximum absolute atomic E-state index is 12.9. The zero-order chi connectivity index (χ0) is 22.5. The lowest BCUT2D eigenvalue weighted by Gasteiger charge is -2.20. The molecule has 0 bridgehead atoms. The van der Waals surface area contributed by atoms with Gasteiger partial charge in [-0.2, -0.15) is 0 Å². The average Bonchev–Trinajstić information content (AvgIpc) is 3.25. The second-order valence-corrected chi connectivity index (χ2v) is 7.33. The number of carbonyl (C=O) groups excluding carboxylic acids is 1. The molecule has 0 aliphatic rings. The van der Waals surface area contributed by atoms with E-state index >= 15 is 0 Å². The number of hydrogen-bond donors (Lipinski definition) is 0. The van der Waals surface area contributed by atoms with Gasteiger partial charge < -0.3 is 23.5 Å². The Kier molecular flexibility index (Phi) is 6.26. The van der Waals surface area contributed by atoms with Crippen LogP contribution in [0, 0.1) is 0 Å². The first-order chi connectivity index (χ1) is 15.6. The van der Waals surface area contributed by atoms with E-state index in [1.807, 2.05) is 53.2 Å². The van der Waals surface area contributed by atoms with Crippen LogP contribution < -0.4 is 14.2 Å². The summed E-state index contributed by atoms with van der Waals surface area (Å²) in [4.78, 5) is 19.1. The van der Waals surface area contributed by atoms with Gasteiger partial charge in [0.25, 0.3) is 5.91 Å². The highest BCUT2D eigenvalue weighted by Gasteiger charge is 2.16. The van der Waals surface area contributed by atoms with Crippen LogP contribution in [0.3, 0.4) is 0 Å². The summed E-state index contributed by atoms with van der Waals surface area (Å²) in [7, 11) is 4.94. The molecule has 2 aromatic carbocycles. The number of rotatable bonds is 8. The summed E-state index contributed by atoms with van der Waals surface area (Å²) in [6.45, 7) is 0.746. The molecule has 4 rings (SSSR count). The maximum Gasteiger partial charge on any atom is 0.253 e. The van der Waals surface area contributed by atoms with E-state index in [-0.39, 0.29) is 5.91 Å². The fraction of sp³-hybridized carbons (Fsp3) is 0.200. The van der Waals surface area contributed by atoms with Gasteiger partial charge in [-0.15, -0.1) is 0 Å². The molecule has 0 atom stereocenters. The first kappa shape index (κ1) is 21.2. The zero-order valence-electron chi connectivity index (χ0n) is 18.3. The Morgan fingerprint density at radius 1 is 1.00 bits per heavy atom. The Labute approximate surface area is 186 Å². The van der Waals surface area contributed by atoms with Crippen molar-refractivity contribution in [1.29, 1.82) is 0 Å². The van der Waals surface area contributed by atoms with Crippen LogP contribution in [0.4, 0.5) is 0 Å². The summed E-state index contributed by atoms with van der Waals surface area (Å²) in [5.41, 5.74) is 3.16. The number of aromatic nitrogens is 2. The molecule has 0 saturated carbocycles. The number of methoxy groups -OCH3 is 2. The van der Waals surface area contributed by atoms with Crippen molar-refractivity contribution < 1.29 is 19.0 Å². The van der Waals surface area contributed by atoms with Gasteiger partial charge >= 0.3 is 0 Å². The fourth-order valence-electron chi connectivity index (χ4n) is 3.53. The molecule has 0 fully saturated rings. The summed E-state index contributed by atoms with van der Waals surface area (Å²) in [6.07, 6.45) is 3.89. The number of benzene rings is 2. The second kappa shape index (κ2) is 9.43.